The molecule has 2 fully saturated rings. The summed E-state index contributed by atoms with van der Waals surface area (Å²) < 4.78 is 26.8. The Hall–Kier alpha value is -2.04. The quantitative estimate of drug-likeness (QED) is 0.501. The van der Waals surface area contributed by atoms with E-state index >= 15 is 0 Å². The Balaban J connectivity index is 1.51. The maximum atomic E-state index is 12.7. The molecule has 1 amide bonds. The summed E-state index contributed by atoms with van der Waals surface area (Å²) >= 11 is 0. The second kappa shape index (κ2) is 8.32. The molecule has 27 heavy (non-hydrogen) atoms. The largest absolute Gasteiger partial charge is 0.343 e. The first kappa shape index (κ1) is 19.7. The van der Waals surface area contributed by atoms with Gasteiger partial charge in [0, 0.05) is 57.8 Å². The highest BCUT2D eigenvalue weighted by molar-refractivity contribution is 7.89. The van der Waals surface area contributed by atoms with Gasteiger partial charge in [-0.15, -0.1) is 0 Å². The lowest BCUT2D eigenvalue weighted by Crippen LogP contribution is -2.49. The number of hydrogen-bond acceptors (Lipinski definition) is 6. The van der Waals surface area contributed by atoms with Crippen LogP contribution < -0.4 is 0 Å². The van der Waals surface area contributed by atoms with E-state index in [1.807, 2.05) is 4.90 Å². The summed E-state index contributed by atoms with van der Waals surface area (Å²) in [7, 11) is -3.73. The first-order chi connectivity index (χ1) is 12.9. The topological polar surface area (TPSA) is 104 Å². The maximum Gasteiger partial charge on any atom is 0.270 e. The van der Waals surface area contributed by atoms with Crippen LogP contribution in [-0.4, -0.2) is 79.2 Å². The van der Waals surface area contributed by atoms with E-state index in [0.717, 1.165) is 38.5 Å². The lowest BCUT2D eigenvalue weighted by atomic mass is 10.3. The molecule has 0 saturated carbocycles. The van der Waals surface area contributed by atoms with Crippen molar-refractivity contribution in [3.8, 4) is 0 Å². The predicted molar refractivity (Wildman–Crippen MR) is 98.7 cm³/mol. The number of amides is 1. The van der Waals surface area contributed by atoms with Gasteiger partial charge < -0.3 is 9.80 Å². The van der Waals surface area contributed by atoms with E-state index in [0.29, 0.717) is 32.6 Å². The summed E-state index contributed by atoms with van der Waals surface area (Å²) in [6, 6.07) is 5.17. The lowest BCUT2D eigenvalue weighted by molar-refractivity contribution is -0.385. The molecule has 2 aliphatic rings. The van der Waals surface area contributed by atoms with Crippen LogP contribution >= 0.6 is 0 Å². The van der Waals surface area contributed by atoms with Gasteiger partial charge in [0.2, 0.25) is 15.9 Å². The maximum absolute atomic E-state index is 12.7. The van der Waals surface area contributed by atoms with Crippen LogP contribution in [-0.2, 0) is 14.8 Å². The summed E-state index contributed by atoms with van der Waals surface area (Å²) in [5.41, 5.74) is -0.230. The molecule has 2 saturated heterocycles. The third-order valence-electron chi connectivity index (χ3n) is 5.07. The SMILES string of the molecule is O=C1CCCN1CCCN1CCN(S(=O)(=O)c2cccc([N+](=O)[O-])c2)CC1. The van der Waals surface area contributed by atoms with Crippen molar-refractivity contribution in [3.63, 3.8) is 0 Å². The number of benzene rings is 1. The van der Waals surface area contributed by atoms with Crippen molar-refractivity contribution >= 4 is 21.6 Å². The van der Waals surface area contributed by atoms with Crippen LogP contribution in [0.2, 0.25) is 0 Å². The molecule has 9 nitrogen and oxygen atoms in total. The third-order valence-corrected chi connectivity index (χ3v) is 6.97. The van der Waals surface area contributed by atoms with Crippen LogP contribution in [0.25, 0.3) is 0 Å². The number of non-ortho nitro benzene ring substituents is 1. The number of sulfonamides is 1. The number of likely N-dealkylation sites (tertiary alicyclic amines) is 1. The Morgan fingerprint density at radius 3 is 2.44 bits per heavy atom. The van der Waals surface area contributed by atoms with Crippen molar-refractivity contribution < 1.29 is 18.1 Å². The van der Waals surface area contributed by atoms with E-state index < -0.39 is 14.9 Å². The normalized spacial score (nSPS) is 19.6. The van der Waals surface area contributed by atoms with Crippen molar-refractivity contribution in [2.75, 3.05) is 45.8 Å². The fourth-order valence-corrected chi connectivity index (χ4v) is 4.99. The number of carbonyl (C=O) groups excluding carboxylic acids is 1. The highest BCUT2D eigenvalue weighted by atomic mass is 32.2. The standard InChI is InChI=1S/C17H24N4O5S/c22-17-6-2-8-19(17)9-3-7-18-10-12-20(13-11-18)27(25,26)16-5-1-4-15(14-16)21(23)24/h1,4-5,14H,2-3,6-13H2. The molecule has 0 aromatic heterocycles. The summed E-state index contributed by atoms with van der Waals surface area (Å²) in [6.45, 7) is 4.36. The molecule has 1 aromatic carbocycles. The molecule has 2 heterocycles. The molecule has 148 valence electrons. The molecular formula is C17H24N4O5S. The number of rotatable bonds is 7. The fraction of sp³-hybridized carbons (Fsp3) is 0.588. The molecule has 0 N–H and O–H groups in total. The number of nitro benzene ring substituents is 1. The first-order valence-corrected chi connectivity index (χ1v) is 10.6. The minimum Gasteiger partial charge on any atom is -0.343 e. The molecule has 0 aliphatic carbocycles. The molecular weight excluding hydrogens is 372 g/mol. The summed E-state index contributed by atoms with van der Waals surface area (Å²) in [5, 5.41) is 10.9. The zero-order valence-electron chi connectivity index (χ0n) is 15.1. The van der Waals surface area contributed by atoms with Gasteiger partial charge in [0.05, 0.1) is 9.82 Å². The van der Waals surface area contributed by atoms with Gasteiger partial charge in [-0.25, -0.2) is 8.42 Å². The molecule has 0 radical (unpaired) electrons. The number of hydrogen-bond donors (Lipinski definition) is 0. The molecule has 0 spiro atoms. The molecule has 0 bridgehead atoms. The third kappa shape index (κ3) is 4.63. The molecule has 1 aromatic rings. The van der Waals surface area contributed by atoms with Crippen molar-refractivity contribution in [1.82, 2.24) is 14.1 Å². The van der Waals surface area contributed by atoms with Crippen LogP contribution in [0.5, 0.6) is 0 Å². The van der Waals surface area contributed by atoms with Gasteiger partial charge in [0.1, 0.15) is 0 Å². The van der Waals surface area contributed by atoms with E-state index in [1.54, 1.807) is 0 Å². The zero-order chi connectivity index (χ0) is 19.4. The van der Waals surface area contributed by atoms with Gasteiger partial charge >= 0.3 is 0 Å². The van der Waals surface area contributed by atoms with Crippen molar-refractivity contribution in [2.24, 2.45) is 0 Å². The average molecular weight is 396 g/mol. The van der Waals surface area contributed by atoms with Crippen LogP contribution in [0.15, 0.2) is 29.2 Å². The van der Waals surface area contributed by atoms with Crippen molar-refractivity contribution in [3.05, 3.63) is 34.4 Å². The first-order valence-electron chi connectivity index (χ1n) is 9.13. The monoisotopic (exact) mass is 396 g/mol. The van der Waals surface area contributed by atoms with Crippen LogP contribution in [0, 0.1) is 10.1 Å². The Morgan fingerprint density at radius 2 is 1.81 bits per heavy atom. The van der Waals surface area contributed by atoms with E-state index in [-0.39, 0.29) is 16.5 Å². The number of piperazine rings is 1. The van der Waals surface area contributed by atoms with Gasteiger partial charge in [-0.3, -0.25) is 14.9 Å². The van der Waals surface area contributed by atoms with E-state index in [4.69, 9.17) is 0 Å². The minimum atomic E-state index is -3.73. The summed E-state index contributed by atoms with van der Waals surface area (Å²) in [4.78, 5) is 25.9. The predicted octanol–water partition coefficient (Wildman–Crippen LogP) is 0.914. The van der Waals surface area contributed by atoms with Crippen LogP contribution in [0.3, 0.4) is 0 Å². The van der Waals surface area contributed by atoms with Crippen LogP contribution in [0.1, 0.15) is 19.3 Å². The summed E-state index contributed by atoms with van der Waals surface area (Å²) in [5.74, 6) is 0.225. The van der Waals surface area contributed by atoms with Gasteiger partial charge in [0.15, 0.2) is 0 Å². The second-order valence-corrected chi connectivity index (χ2v) is 8.78. The highest BCUT2D eigenvalue weighted by Gasteiger charge is 2.29. The van der Waals surface area contributed by atoms with Gasteiger partial charge in [-0.05, 0) is 25.5 Å². The Labute approximate surface area is 158 Å². The van der Waals surface area contributed by atoms with Crippen LogP contribution in [0.4, 0.5) is 5.69 Å². The van der Waals surface area contributed by atoms with Crippen molar-refractivity contribution in [1.29, 1.82) is 0 Å². The number of nitro groups is 1. The lowest BCUT2D eigenvalue weighted by Gasteiger charge is -2.34. The minimum absolute atomic E-state index is 0.0438. The van der Waals surface area contributed by atoms with Gasteiger partial charge in [-0.1, -0.05) is 6.07 Å². The molecule has 0 unspecified atom stereocenters. The summed E-state index contributed by atoms with van der Waals surface area (Å²) in [6.07, 6.45) is 2.46. The van der Waals surface area contributed by atoms with E-state index in [1.165, 1.54) is 22.5 Å². The molecule has 0 atom stereocenters. The fourth-order valence-electron chi connectivity index (χ4n) is 3.53. The molecule has 3 rings (SSSR count). The van der Waals surface area contributed by atoms with E-state index in [2.05, 4.69) is 4.90 Å². The zero-order valence-corrected chi connectivity index (χ0v) is 15.9. The Morgan fingerprint density at radius 1 is 1.07 bits per heavy atom. The van der Waals surface area contributed by atoms with Gasteiger partial charge in [0.25, 0.3) is 5.69 Å². The average Bonchev–Trinajstić information content (AvgIpc) is 3.07. The van der Waals surface area contributed by atoms with E-state index in [9.17, 15) is 23.3 Å². The Bertz CT molecular complexity index is 805. The smallest absolute Gasteiger partial charge is 0.270 e. The highest BCUT2D eigenvalue weighted by Crippen LogP contribution is 2.22. The number of nitrogens with zero attached hydrogens (tertiary/aromatic N) is 4. The van der Waals surface area contributed by atoms with Crippen molar-refractivity contribution in [2.45, 2.75) is 24.2 Å². The number of carbonyl (C=O) groups is 1. The molecule has 2 aliphatic heterocycles. The Kier molecular flexibility index (Phi) is 6.08. The second-order valence-electron chi connectivity index (χ2n) is 6.84. The molecule has 10 heteroatoms. The van der Waals surface area contributed by atoms with Gasteiger partial charge in [-0.2, -0.15) is 4.31 Å².